The average Bonchev–Trinajstić information content (AvgIpc) is 4.02. The molecule has 2 heterocycles. The van der Waals surface area contributed by atoms with E-state index in [0.29, 0.717) is 28.9 Å². The van der Waals surface area contributed by atoms with Crippen molar-refractivity contribution in [2.45, 2.75) is 42.9 Å². The first kappa shape index (κ1) is 37.9. The molecule has 6 nitrogen and oxygen atoms in total. The summed E-state index contributed by atoms with van der Waals surface area (Å²) in [4.78, 5) is 2.21. The number of halogens is 3. The average molecular weight is 842 g/mol. The van der Waals surface area contributed by atoms with Crippen LogP contribution in [0.25, 0.3) is 28.0 Å². The Balaban J connectivity index is 1.10. The van der Waals surface area contributed by atoms with Gasteiger partial charge in [0, 0.05) is 33.2 Å². The van der Waals surface area contributed by atoms with Gasteiger partial charge in [-0.05, 0) is 138 Å². The Morgan fingerprint density at radius 2 is 1.35 bits per heavy atom. The Kier molecular flexibility index (Phi) is 8.15. The van der Waals surface area contributed by atoms with Crippen molar-refractivity contribution < 1.29 is 36.9 Å². The Bertz CT molecular complexity index is 3010. The van der Waals surface area contributed by atoms with E-state index in [4.69, 9.17) is 23.7 Å². The van der Waals surface area contributed by atoms with Crippen molar-refractivity contribution in [2.24, 2.45) is 11.8 Å². The molecule has 4 unspecified atom stereocenters. The standard InChI is InChI=1S/C54H42F3NO5/c1-59-37-21-16-33(17-22-37)53(32-14-19-36(20-15-32)58-43-8-4-6-10-45(43)62-46-11-7-5-9-44(46)58)25-24-39-50-49(40-28-47(60-2)48(61-3)29-41(40)51(39)63-53)38-23-18-35(54(55,56)57)27-42(38)52(50)30-31-12-13-34(52)26-31/h4-11,14-25,27-29,31,34H,12-13,26,30H2,1-3H3. The van der Waals surface area contributed by atoms with Gasteiger partial charge in [0.15, 0.2) is 28.6 Å². The number of hydrogen-bond donors (Lipinski definition) is 0. The van der Waals surface area contributed by atoms with Gasteiger partial charge < -0.3 is 28.6 Å². The molecule has 9 heteroatoms. The number of para-hydroxylation sites is 4. The van der Waals surface area contributed by atoms with Crippen molar-refractivity contribution in [1.82, 2.24) is 0 Å². The highest BCUT2D eigenvalue weighted by molar-refractivity contribution is 6.10. The predicted molar refractivity (Wildman–Crippen MR) is 238 cm³/mol. The fraction of sp³-hybridized carbons (Fsp3) is 0.222. The van der Waals surface area contributed by atoms with Crippen LogP contribution < -0.4 is 28.6 Å². The number of methoxy groups -OCH3 is 3. The second-order valence-electron chi connectivity index (χ2n) is 17.4. The predicted octanol–water partition coefficient (Wildman–Crippen LogP) is 13.9. The lowest BCUT2D eigenvalue weighted by atomic mass is 9.65. The molecule has 1 spiro atoms. The number of benzene rings is 7. The molecule has 2 aliphatic heterocycles. The molecule has 0 amide bonds. The van der Waals surface area contributed by atoms with E-state index in [9.17, 15) is 13.2 Å². The maximum absolute atomic E-state index is 14.6. The molecule has 4 atom stereocenters. The van der Waals surface area contributed by atoms with Gasteiger partial charge in [-0.1, -0.05) is 67.1 Å². The number of rotatable bonds is 6. The Morgan fingerprint density at radius 1 is 0.698 bits per heavy atom. The second kappa shape index (κ2) is 13.6. The lowest BCUT2D eigenvalue weighted by molar-refractivity contribution is -0.137. The molecule has 0 saturated heterocycles. The number of nitrogens with zero attached hydrogens (tertiary/aromatic N) is 1. The summed E-state index contributed by atoms with van der Waals surface area (Å²) in [6.07, 6.45) is 3.64. The number of anilines is 3. The quantitative estimate of drug-likeness (QED) is 0.166. The van der Waals surface area contributed by atoms with Gasteiger partial charge in [-0.3, -0.25) is 0 Å². The first-order valence-electron chi connectivity index (χ1n) is 21.4. The normalized spacial score (nSPS) is 22.2. The number of alkyl halides is 3. The fourth-order valence-electron chi connectivity index (χ4n) is 11.8. The largest absolute Gasteiger partial charge is 0.497 e. The van der Waals surface area contributed by atoms with Crippen LogP contribution in [0.4, 0.5) is 30.2 Å². The molecule has 63 heavy (non-hydrogen) atoms. The highest BCUT2D eigenvalue weighted by Gasteiger charge is 2.59. The molecule has 7 aromatic carbocycles. The monoisotopic (exact) mass is 841 g/mol. The zero-order chi connectivity index (χ0) is 42.8. The summed E-state index contributed by atoms with van der Waals surface area (Å²) in [7, 11) is 4.86. The second-order valence-corrected chi connectivity index (χ2v) is 17.4. The Hall–Kier alpha value is -6.87. The molecular weight excluding hydrogens is 800 g/mol. The van der Waals surface area contributed by atoms with Crippen LogP contribution in [0.15, 0.2) is 133 Å². The third kappa shape index (κ3) is 5.31. The zero-order valence-electron chi connectivity index (χ0n) is 34.9. The van der Waals surface area contributed by atoms with E-state index >= 15 is 0 Å². The SMILES string of the molecule is COc1ccc(C2(c3ccc(N4c5ccccc5Oc5ccccc54)cc3)C=Cc3c4c(c5cc(OC)c(OC)cc5c3O2)-c2ccc(C(F)(F)F)cc2C42CC3CCC2C3)cc1. The van der Waals surface area contributed by atoms with Crippen molar-refractivity contribution in [2.75, 3.05) is 26.2 Å². The molecule has 5 aliphatic rings. The summed E-state index contributed by atoms with van der Waals surface area (Å²) >= 11 is 0. The third-order valence-electron chi connectivity index (χ3n) is 14.4. The van der Waals surface area contributed by atoms with Crippen LogP contribution >= 0.6 is 0 Å². The van der Waals surface area contributed by atoms with Gasteiger partial charge in [-0.15, -0.1) is 0 Å². The van der Waals surface area contributed by atoms with Crippen LogP contribution in [0.3, 0.4) is 0 Å². The molecule has 0 radical (unpaired) electrons. The van der Waals surface area contributed by atoms with Crippen molar-refractivity contribution in [1.29, 1.82) is 0 Å². The summed E-state index contributed by atoms with van der Waals surface area (Å²) in [6.45, 7) is 0. The Morgan fingerprint density at radius 3 is 1.95 bits per heavy atom. The van der Waals surface area contributed by atoms with Crippen LogP contribution in [0.1, 0.15) is 59.1 Å². The van der Waals surface area contributed by atoms with E-state index in [1.54, 1.807) is 27.4 Å². The molecule has 314 valence electrons. The molecule has 2 bridgehead atoms. The molecule has 2 fully saturated rings. The summed E-state index contributed by atoms with van der Waals surface area (Å²) in [5, 5.41) is 1.63. The molecule has 0 aromatic heterocycles. The molecule has 3 aliphatic carbocycles. The van der Waals surface area contributed by atoms with Gasteiger partial charge in [0.05, 0.1) is 38.3 Å². The van der Waals surface area contributed by atoms with E-state index in [-0.39, 0.29) is 5.92 Å². The van der Waals surface area contributed by atoms with Crippen LogP contribution in [0.5, 0.6) is 34.5 Å². The van der Waals surface area contributed by atoms with Gasteiger partial charge in [-0.25, -0.2) is 0 Å². The summed E-state index contributed by atoms with van der Waals surface area (Å²) in [6, 6.07) is 40.7. The van der Waals surface area contributed by atoms with E-state index in [2.05, 4.69) is 53.5 Å². The highest BCUT2D eigenvalue weighted by atomic mass is 19.4. The maximum atomic E-state index is 14.6. The van der Waals surface area contributed by atoms with Crippen LogP contribution in [-0.2, 0) is 17.2 Å². The van der Waals surface area contributed by atoms with Crippen molar-refractivity contribution >= 4 is 33.9 Å². The van der Waals surface area contributed by atoms with Crippen molar-refractivity contribution in [3.63, 3.8) is 0 Å². The van der Waals surface area contributed by atoms with Gasteiger partial charge in [0.1, 0.15) is 11.5 Å². The first-order chi connectivity index (χ1) is 30.6. The lowest BCUT2D eigenvalue weighted by Gasteiger charge is -2.41. The van der Waals surface area contributed by atoms with Gasteiger partial charge in [0.25, 0.3) is 0 Å². The fourth-order valence-corrected chi connectivity index (χ4v) is 11.8. The highest BCUT2D eigenvalue weighted by Crippen LogP contribution is 2.69. The van der Waals surface area contributed by atoms with E-state index < -0.39 is 22.8 Å². The molecular formula is C54H42F3NO5. The van der Waals surface area contributed by atoms with Gasteiger partial charge in [0.2, 0.25) is 0 Å². The van der Waals surface area contributed by atoms with Crippen molar-refractivity contribution in [3.05, 3.63) is 167 Å². The number of hydrogen-bond acceptors (Lipinski definition) is 6. The minimum atomic E-state index is -4.48. The third-order valence-corrected chi connectivity index (χ3v) is 14.4. The van der Waals surface area contributed by atoms with Gasteiger partial charge >= 0.3 is 6.18 Å². The smallest absolute Gasteiger partial charge is 0.416 e. The number of fused-ring (bicyclic) bond motifs is 15. The van der Waals surface area contributed by atoms with E-state index in [1.165, 1.54) is 12.1 Å². The zero-order valence-corrected chi connectivity index (χ0v) is 34.9. The van der Waals surface area contributed by atoms with E-state index in [1.807, 2.05) is 72.8 Å². The first-order valence-corrected chi connectivity index (χ1v) is 21.4. The van der Waals surface area contributed by atoms with Crippen molar-refractivity contribution in [3.8, 4) is 45.6 Å². The minimum absolute atomic E-state index is 0.192. The van der Waals surface area contributed by atoms with E-state index in [0.717, 1.165) is 104 Å². The maximum Gasteiger partial charge on any atom is 0.416 e. The molecule has 0 N–H and O–H groups in total. The molecule has 12 rings (SSSR count). The topological polar surface area (TPSA) is 49.4 Å². The molecule has 2 saturated carbocycles. The van der Waals surface area contributed by atoms with Gasteiger partial charge in [-0.2, -0.15) is 13.2 Å². The summed E-state index contributed by atoms with van der Waals surface area (Å²) in [5.41, 5.74) is 6.70. The minimum Gasteiger partial charge on any atom is -0.497 e. The number of ether oxygens (including phenoxy) is 5. The van der Waals surface area contributed by atoms with Crippen LogP contribution in [-0.4, -0.2) is 21.3 Å². The van der Waals surface area contributed by atoms with Crippen LogP contribution in [0.2, 0.25) is 0 Å². The lowest BCUT2D eigenvalue weighted by Crippen LogP contribution is -2.36. The van der Waals surface area contributed by atoms with Crippen LogP contribution in [0, 0.1) is 11.8 Å². The summed E-state index contributed by atoms with van der Waals surface area (Å²) in [5.74, 6) is 4.56. The Labute approximate surface area is 363 Å². The molecule has 7 aromatic rings. The summed E-state index contributed by atoms with van der Waals surface area (Å²) < 4.78 is 75.3.